The average molecular weight is 352 g/mol. The molecule has 0 saturated carbocycles. The molecule has 142 valence electrons. The molecule has 4 heteroatoms. The van der Waals surface area contributed by atoms with Crippen molar-refractivity contribution < 1.29 is 14.3 Å². The first kappa shape index (κ1) is 30.3. The molecule has 3 nitrogen and oxygen atoms in total. The lowest BCUT2D eigenvalue weighted by Crippen LogP contribution is -2.24. The van der Waals surface area contributed by atoms with Gasteiger partial charge in [0.15, 0.2) is 0 Å². The third-order valence-electron chi connectivity index (χ3n) is 1.98. The summed E-state index contributed by atoms with van der Waals surface area (Å²) >= 11 is 0. The number of carbonyl (C=O) groups excluding carboxylic acids is 1. The van der Waals surface area contributed by atoms with Gasteiger partial charge in [0.05, 0.1) is 12.8 Å². The maximum atomic E-state index is 12.0. The third-order valence-corrected chi connectivity index (χ3v) is 1.98. The standard InChI is InChI=1S/C16H19NO2.2C2H6.CH3F/c1-5-9-13(10-6-2)17-16(19)14(11-7-3)15(18)12-8-4;3*1-2/h5-12,18H,1,3-4H2,2H3,(H,17,19);2*1-2H3;1H3/b10-6-,13-9+,14-11+,15-12+;;;. The van der Waals surface area contributed by atoms with Gasteiger partial charge in [-0.05, 0) is 31.2 Å². The fourth-order valence-electron chi connectivity index (χ4n) is 1.24. The number of hydrogen-bond donors (Lipinski definition) is 2. The van der Waals surface area contributed by atoms with Gasteiger partial charge in [-0.2, -0.15) is 0 Å². The Hall–Kier alpha value is -2.62. The zero-order valence-electron chi connectivity index (χ0n) is 16.5. The molecule has 0 unspecified atom stereocenters. The minimum Gasteiger partial charge on any atom is -0.507 e. The van der Waals surface area contributed by atoms with E-state index in [1.165, 1.54) is 24.3 Å². The van der Waals surface area contributed by atoms with Gasteiger partial charge in [0, 0.05) is 5.70 Å². The summed E-state index contributed by atoms with van der Waals surface area (Å²) < 4.78 is 9.50. The summed E-state index contributed by atoms with van der Waals surface area (Å²) in [6.45, 7) is 20.4. The topological polar surface area (TPSA) is 49.3 Å². The van der Waals surface area contributed by atoms with Crippen LogP contribution >= 0.6 is 0 Å². The lowest BCUT2D eigenvalue weighted by molar-refractivity contribution is -0.116. The molecule has 0 heterocycles. The van der Waals surface area contributed by atoms with Crippen LogP contribution in [0.15, 0.2) is 85.4 Å². The molecule has 0 aliphatic heterocycles. The van der Waals surface area contributed by atoms with E-state index < -0.39 is 5.91 Å². The Kier molecular flexibility index (Phi) is 31.8. The van der Waals surface area contributed by atoms with Crippen molar-refractivity contribution in [3.63, 3.8) is 0 Å². The molecule has 0 atom stereocenters. The number of carbonyl (C=O) groups is 1. The predicted molar refractivity (Wildman–Crippen MR) is 110 cm³/mol. The smallest absolute Gasteiger partial charge is 0.259 e. The van der Waals surface area contributed by atoms with Crippen LogP contribution in [0.4, 0.5) is 4.39 Å². The average Bonchev–Trinajstić information content (AvgIpc) is 2.65. The maximum absolute atomic E-state index is 12.0. The van der Waals surface area contributed by atoms with Crippen LogP contribution in [0.3, 0.4) is 0 Å². The van der Waals surface area contributed by atoms with E-state index in [2.05, 4.69) is 25.1 Å². The molecule has 1 amide bonds. The quantitative estimate of drug-likeness (QED) is 0.329. The Morgan fingerprint density at radius 3 is 1.72 bits per heavy atom. The largest absolute Gasteiger partial charge is 0.507 e. The Bertz CT molecular complexity index is 484. The monoisotopic (exact) mass is 351 g/mol. The summed E-state index contributed by atoms with van der Waals surface area (Å²) in [6.07, 6.45) is 12.3. The van der Waals surface area contributed by atoms with Gasteiger partial charge in [0.25, 0.3) is 5.91 Å². The first-order valence-corrected chi connectivity index (χ1v) is 8.10. The normalized spacial score (nSPS) is 10.8. The molecule has 0 aliphatic carbocycles. The Labute approximate surface area is 153 Å². The summed E-state index contributed by atoms with van der Waals surface area (Å²) in [5.41, 5.74) is 0.679. The lowest BCUT2D eigenvalue weighted by Gasteiger charge is -2.08. The van der Waals surface area contributed by atoms with Crippen LogP contribution in [-0.4, -0.2) is 18.2 Å². The van der Waals surface area contributed by atoms with Gasteiger partial charge >= 0.3 is 0 Å². The number of aliphatic hydroxyl groups is 1. The van der Waals surface area contributed by atoms with Crippen molar-refractivity contribution in [1.29, 1.82) is 0 Å². The number of amides is 1. The van der Waals surface area contributed by atoms with E-state index in [1.54, 1.807) is 24.3 Å². The van der Waals surface area contributed by atoms with Crippen molar-refractivity contribution in [3.8, 4) is 0 Å². The molecular weight excluding hydrogens is 317 g/mol. The summed E-state index contributed by atoms with van der Waals surface area (Å²) in [6, 6.07) is 0. The molecular formula is C21H34FNO2. The third kappa shape index (κ3) is 17.6. The van der Waals surface area contributed by atoms with Gasteiger partial charge in [-0.3, -0.25) is 9.18 Å². The highest BCUT2D eigenvalue weighted by molar-refractivity contribution is 5.98. The van der Waals surface area contributed by atoms with E-state index in [9.17, 15) is 14.3 Å². The first-order valence-electron chi connectivity index (χ1n) is 8.10. The van der Waals surface area contributed by atoms with E-state index in [0.29, 0.717) is 12.9 Å². The molecule has 0 spiro atoms. The van der Waals surface area contributed by atoms with E-state index in [0.717, 1.165) is 0 Å². The summed E-state index contributed by atoms with van der Waals surface area (Å²) in [5, 5.41) is 12.4. The van der Waals surface area contributed by atoms with Crippen LogP contribution in [0.25, 0.3) is 0 Å². The van der Waals surface area contributed by atoms with Gasteiger partial charge in [-0.25, -0.2) is 0 Å². The lowest BCUT2D eigenvalue weighted by atomic mass is 10.1. The SMILES string of the molecule is C=C/C=C(\C=C/C)NC(=O)C(=C/C=C)/C(O)=C\C=C.CC.CC.CF. The molecule has 0 saturated heterocycles. The number of aliphatic hydroxyl groups excluding tert-OH is 1. The minimum absolute atomic E-state index is 0.106. The van der Waals surface area contributed by atoms with E-state index in [1.807, 2.05) is 34.6 Å². The van der Waals surface area contributed by atoms with Crippen LogP contribution in [0.1, 0.15) is 34.6 Å². The number of nitrogens with one attached hydrogen (secondary N) is 1. The maximum Gasteiger partial charge on any atom is 0.259 e. The second-order valence-corrected chi connectivity index (χ2v) is 3.42. The van der Waals surface area contributed by atoms with Crippen LogP contribution in [0.2, 0.25) is 0 Å². The van der Waals surface area contributed by atoms with Gasteiger partial charge in [0.1, 0.15) is 5.76 Å². The highest BCUT2D eigenvalue weighted by atomic mass is 19.1. The molecule has 0 fully saturated rings. The molecule has 0 bridgehead atoms. The summed E-state index contributed by atoms with van der Waals surface area (Å²) in [4.78, 5) is 12.0. The van der Waals surface area contributed by atoms with Crippen molar-refractivity contribution >= 4 is 5.91 Å². The van der Waals surface area contributed by atoms with E-state index in [-0.39, 0.29) is 11.3 Å². The molecule has 0 aromatic rings. The first-order chi connectivity index (χ1) is 12.1. The van der Waals surface area contributed by atoms with Crippen molar-refractivity contribution in [3.05, 3.63) is 85.4 Å². The second-order valence-electron chi connectivity index (χ2n) is 3.42. The number of hydrogen-bond acceptors (Lipinski definition) is 2. The molecule has 0 aromatic carbocycles. The Balaban J connectivity index is -0.000000329. The number of allylic oxidation sites excluding steroid dienone is 8. The molecule has 0 radical (unpaired) electrons. The predicted octanol–water partition coefficient (Wildman–Crippen LogP) is 6.13. The zero-order chi connectivity index (χ0) is 20.7. The number of alkyl halides is 1. The van der Waals surface area contributed by atoms with Crippen LogP contribution in [0, 0.1) is 0 Å². The minimum atomic E-state index is -0.443. The van der Waals surface area contributed by atoms with Gasteiger partial charge in [0.2, 0.25) is 0 Å². The molecule has 0 rings (SSSR count). The zero-order valence-corrected chi connectivity index (χ0v) is 16.5. The van der Waals surface area contributed by atoms with Crippen molar-refractivity contribution in [1.82, 2.24) is 5.32 Å². The second kappa shape index (κ2) is 26.3. The number of rotatable bonds is 7. The van der Waals surface area contributed by atoms with Crippen LogP contribution in [-0.2, 0) is 4.79 Å². The molecule has 0 aliphatic rings. The van der Waals surface area contributed by atoms with Crippen molar-refractivity contribution in [2.45, 2.75) is 34.6 Å². The Morgan fingerprint density at radius 2 is 1.36 bits per heavy atom. The van der Waals surface area contributed by atoms with Crippen molar-refractivity contribution in [2.75, 3.05) is 7.18 Å². The van der Waals surface area contributed by atoms with E-state index >= 15 is 0 Å². The van der Waals surface area contributed by atoms with Crippen LogP contribution < -0.4 is 5.32 Å². The van der Waals surface area contributed by atoms with Gasteiger partial charge < -0.3 is 10.4 Å². The highest BCUT2D eigenvalue weighted by Crippen LogP contribution is 2.09. The summed E-state index contributed by atoms with van der Waals surface area (Å²) in [5.74, 6) is -0.618. The van der Waals surface area contributed by atoms with Crippen LogP contribution in [0.5, 0.6) is 0 Å². The Morgan fingerprint density at radius 1 is 0.920 bits per heavy atom. The van der Waals surface area contributed by atoms with Gasteiger partial charge in [-0.15, -0.1) is 0 Å². The fourth-order valence-corrected chi connectivity index (χ4v) is 1.24. The molecule has 0 aromatic heterocycles. The number of halogens is 1. The van der Waals surface area contributed by atoms with E-state index in [4.69, 9.17) is 0 Å². The molecule has 25 heavy (non-hydrogen) atoms. The van der Waals surface area contributed by atoms with Gasteiger partial charge in [-0.1, -0.05) is 71.7 Å². The highest BCUT2D eigenvalue weighted by Gasteiger charge is 2.13. The van der Waals surface area contributed by atoms with Crippen molar-refractivity contribution in [2.24, 2.45) is 0 Å². The summed E-state index contributed by atoms with van der Waals surface area (Å²) in [7, 11) is 0.500. The fraction of sp³-hybridized carbons (Fsp3) is 0.286. The molecule has 2 N–H and O–H groups in total.